The third-order valence-electron chi connectivity index (χ3n) is 3.87. The van der Waals surface area contributed by atoms with Crippen molar-refractivity contribution in [1.29, 1.82) is 0 Å². The molecular formula is C18H17F3N2O3. The van der Waals surface area contributed by atoms with Gasteiger partial charge in [-0.15, -0.1) is 0 Å². The normalized spacial score (nSPS) is 17.1. The van der Waals surface area contributed by atoms with Crippen molar-refractivity contribution in [1.82, 2.24) is 4.98 Å². The average Bonchev–Trinajstić information content (AvgIpc) is 3.13. The summed E-state index contributed by atoms with van der Waals surface area (Å²) in [7, 11) is 0. The fourth-order valence-electron chi connectivity index (χ4n) is 2.53. The fourth-order valence-corrected chi connectivity index (χ4v) is 2.53. The van der Waals surface area contributed by atoms with Gasteiger partial charge in [-0.2, -0.15) is 13.2 Å². The van der Waals surface area contributed by atoms with E-state index in [9.17, 15) is 18.0 Å². The van der Waals surface area contributed by atoms with Crippen molar-refractivity contribution in [2.24, 2.45) is 0 Å². The zero-order valence-electron chi connectivity index (χ0n) is 13.8. The van der Waals surface area contributed by atoms with Gasteiger partial charge < -0.3 is 14.8 Å². The molecule has 1 atom stereocenters. The van der Waals surface area contributed by atoms with Crippen molar-refractivity contribution in [2.75, 3.05) is 18.5 Å². The summed E-state index contributed by atoms with van der Waals surface area (Å²) in [5.74, 6) is 0.0198. The van der Waals surface area contributed by atoms with Crippen LogP contribution < -0.4 is 10.1 Å². The van der Waals surface area contributed by atoms with Gasteiger partial charge in [-0.25, -0.2) is 0 Å². The van der Waals surface area contributed by atoms with Gasteiger partial charge in [-0.05, 0) is 37.1 Å². The molecule has 0 bridgehead atoms. The first-order chi connectivity index (χ1) is 12.4. The summed E-state index contributed by atoms with van der Waals surface area (Å²) in [6.45, 7) is 1.17. The summed E-state index contributed by atoms with van der Waals surface area (Å²) in [5.41, 5.74) is -0.540. The number of nitrogens with zero attached hydrogens (tertiary/aromatic N) is 1. The number of benzene rings is 1. The maximum Gasteiger partial charge on any atom is 0.433 e. The molecule has 1 aliphatic rings. The third-order valence-corrected chi connectivity index (χ3v) is 3.87. The summed E-state index contributed by atoms with van der Waals surface area (Å²) < 4.78 is 48.7. The first kappa shape index (κ1) is 18.2. The van der Waals surface area contributed by atoms with E-state index in [0.717, 1.165) is 37.8 Å². The SMILES string of the molecule is O=C(Nc1cccc(OCC2CCCO2)c1)c1ccc(C(F)(F)F)nc1. The van der Waals surface area contributed by atoms with Gasteiger partial charge in [-0.3, -0.25) is 9.78 Å². The van der Waals surface area contributed by atoms with E-state index in [1.54, 1.807) is 24.3 Å². The van der Waals surface area contributed by atoms with Crippen LogP contribution in [0.3, 0.4) is 0 Å². The highest BCUT2D eigenvalue weighted by Gasteiger charge is 2.32. The van der Waals surface area contributed by atoms with E-state index in [2.05, 4.69) is 10.3 Å². The minimum Gasteiger partial charge on any atom is -0.491 e. The summed E-state index contributed by atoms with van der Waals surface area (Å²) in [4.78, 5) is 15.4. The molecule has 0 saturated carbocycles. The Morgan fingerprint density at radius 1 is 1.31 bits per heavy atom. The van der Waals surface area contributed by atoms with Crippen LogP contribution in [0, 0.1) is 0 Å². The highest BCUT2D eigenvalue weighted by Crippen LogP contribution is 2.27. The second-order valence-electron chi connectivity index (χ2n) is 5.86. The number of carbonyl (C=O) groups is 1. The van der Waals surface area contributed by atoms with Gasteiger partial charge in [-0.1, -0.05) is 6.07 Å². The lowest BCUT2D eigenvalue weighted by Crippen LogP contribution is -2.16. The number of rotatable bonds is 5. The van der Waals surface area contributed by atoms with Crippen LogP contribution in [0.25, 0.3) is 0 Å². The Bertz CT molecular complexity index is 757. The Kier molecular flexibility index (Phi) is 5.41. The van der Waals surface area contributed by atoms with Gasteiger partial charge in [0.15, 0.2) is 0 Å². The first-order valence-corrected chi connectivity index (χ1v) is 8.11. The predicted molar refractivity (Wildman–Crippen MR) is 88.1 cm³/mol. The molecule has 138 valence electrons. The largest absolute Gasteiger partial charge is 0.491 e. The molecule has 2 aromatic rings. The van der Waals surface area contributed by atoms with E-state index < -0.39 is 17.8 Å². The van der Waals surface area contributed by atoms with Gasteiger partial charge in [0.2, 0.25) is 0 Å². The number of alkyl halides is 3. The molecule has 1 fully saturated rings. The highest BCUT2D eigenvalue weighted by atomic mass is 19.4. The van der Waals surface area contributed by atoms with Crippen LogP contribution in [0.15, 0.2) is 42.6 Å². The van der Waals surface area contributed by atoms with Gasteiger partial charge in [0.05, 0.1) is 11.7 Å². The molecule has 0 spiro atoms. The fraction of sp³-hybridized carbons (Fsp3) is 0.333. The Balaban J connectivity index is 1.60. The second kappa shape index (κ2) is 7.74. The van der Waals surface area contributed by atoms with E-state index in [1.165, 1.54) is 0 Å². The number of pyridine rings is 1. The van der Waals surface area contributed by atoms with Crippen LogP contribution in [0.2, 0.25) is 0 Å². The molecule has 26 heavy (non-hydrogen) atoms. The first-order valence-electron chi connectivity index (χ1n) is 8.11. The lowest BCUT2D eigenvalue weighted by Gasteiger charge is -2.12. The van der Waals surface area contributed by atoms with E-state index in [1.807, 2.05) is 0 Å². The van der Waals surface area contributed by atoms with Gasteiger partial charge in [0.1, 0.15) is 18.1 Å². The Hall–Kier alpha value is -2.61. The Morgan fingerprint density at radius 2 is 2.15 bits per heavy atom. The minimum atomic E-state index is -4.54. The zero-order chi connectivity index (χ0) is 18.6. The van der Waals surface area contributed by atoms with Crippen LogP contribution >= 0.6 is 0 Å². The van der Waals surface area contributed by atoms with E-state index in [4.69, 9.17) is 9.47 Å². The lowest BCUT2D eigenvalue weighted by atomic mass is 10.2. The molecule has 1 unspecified atom stereocenters. The molecule has 2 heterocycles. The number of halogens is 3. The standard InChI is InChI=1S/C18H17F3N2O3/c19-18(20,21)16-7-6-12(10-22-16)17(24)23-13-3-1-4-14(9-13)26-11-15-5-2-8-25-15/h1,3-4,6-7,9-10,15H,2,5,8,11H2,(H,23,24). The average molecular weight is 366 g/mol. The molecule has 1 saturated heterocycles. The van der Waals surface area contributed by atoms with Crippen LogP contribution in [0.5, 0.6) is 5.75 Å². The van der Waals surface area contributed by atoms with Gasteiger partial charge in [0, 0.05) is 24.6 Å². The number of carbonyl (C=O) groups excluding carboxylic acids is 1. The van der Waals surface area contributed by atoms with Crippen molar-refractivity contribution in [3.05, 3.63) is 53.9 Å². The number of aromatic nitrogens is 1. The molecular weight excluding hydrogens is 349 g/mol. The number of anilines is 1. The molecule has 1 N–H and O–H groups in total. The second-order valence-corrected chi connectivity index (χ2v) is 5.86. The van der Waals surface area contributed by atoms with Crippen molar-refractivity contribution in [3.63, 3.8) is 0 Å². The monoisotopic (exact) mass is 366 g/mol. The highest BCUT2D eigenvalue weighted by molar-refractivity contribution is 6.04. The zero-order valence-corrected chi connectivity index (χ0v) is 13.8. The van der Waals surface area contributed by atoms with Crippen molar-refractivity contribution in [3.8, 4) is 5.75 Å². The Morgan fingerprint density at radius 3 is 2.81 bits per heavy atom. The molecule has 1 amide bonds. The smallest absolute Gasteiger partial charge is 0.433 e. The minimum absolute atomic E-state index is 0.0312. The lowest BCUT2D eigenvalue weighted by molar-refractivity contribution is -0.141. The van der Waals surface area contributed by atoms with E-state index >= 15 is 0 Å². The topological polar surface area (TPSA) is 60.5 Å². The number of ether oxygens (including phenoxy) is 2. The maximum atomic E-state index is 12.5. The quantitative estimate of drug-likeness (QED) is 0.872. The predicted octanol–water partition coefficient (Wildman–Crippen LogP) is 3.91. The molecule has 1 aromatic heterocycles. The van der Waals surface area contributed by atoms with Crippen molar-refractivity contribution >= 4 is 11.6 Å². The van der Waals surface area contributed by atoms with Gasteiger partial charge in [0.25, 0.3) is 5.91 Å². The van der Waals surface area contributed by atoms with Crippen LogP contribution in [0.1, 0.15) is 28.9 Å². The molecule has 0 aliphatic carbocycles. The molecule has 0 radical (unpaired) electrons. The van der Waals surface area contributed by atoms with Crippen LogP contribution in [-0.2, 0) is 10.9 Å². The summed E-state index contributed by atoms with van der Waals surface area (Å²) in [5, 5.41) is 2.61. The number of nitrogens with one attached hydrogen (secondary N) is 1. The van der Waals surface area contributed by atoms with Crippen molar-refractivity contribution < 1.29 is 27.4 Å². The number of hydrogen-bond donors (Lipinski definition) is 1. The molecule has 8 heteroatoms. The van der Waals surface area contributed by atoms with Crippen LogP contribution in [-0.4, -0.2) is 30.2 Å². The third kappa shape index (κ3) is 4.72. The maximum absolute atomic E-state index is 12.5. The molecule has 5 nitrogen and oxygen atoms in total. The van der Waals surface area contributed by atoms with Crippen molar-refractivity contribution in [2.45, 2.75) is 25.1 Å². The van der Waals surface area contributed by atoms with Gasteiger partial charge >= 0.3 is 6.18 Å². The summed E-state index contributed by atoms with van der Waals surface area (Å²) >= 11 is 0. The molecule has 1 aromatic carbocycles. The van der Waals surface area contributed by atoms with Crippen LogP contribution in [0.4, 0.5) is 18.9 Å². The molecule has 3 rings (SSSR count). The summed E-state index contributed by atoms with van der Waals surface area (Å²) in [6.07, 6.45) is -1.59. The number of hydrogen-bond acceptors (Lipinski definition) is 4. The van der Waals surface area contributed by atoms with E-state index in [0.29, 0.717) is 18.0 Å². The summed E-state index contributed by atoms with van der Waals surface area (Å²) in [6, 6.07) is 8.63. The Labute approximate surface area is 148 Å². The number of amides is 1. The van der Waals surface area contributed by atoms with E-state index in [-0.39, 0.29) is 11.7 Å². The molecule has 1 aliphatic heterocycles.